The normalized spacial score (nSPS) is 27.1. The Labute approximate surface area is 156 Å². The standard InChI is InChI=1S/C19H33N5O2/c1-14(2)4-3-5-17-12-23(10-11-26-17)19(25)18-13-24(22-21-18)16-8-6-15(20)7-9-16/h13-17H,3-12,20H2,1-2H3. The van der Waals surface area contributed by atoms with Gasteiger partial charge in [0.15, 0.2) is 5.69 Å². The SMILES string of the molecule is CC(C)CCCC1CN(C(=O)c2cn(C3CCC(N)CC3)nn2)CCO1. The average molecular weight is 364 g/mol. The third-order valence-electron chi connectivity index (χ3n) is 5.58. The van der Waals surface area contributed by atoms with Gasteiger partial charge in [-0.1, -0.05) is 31.9 Å². The first-order valence-electron chi connectivity index (χ1n) is 10.1. The van der Waals surface area contributed by atoms with Gasteiger partial charge in [0.05, 0.1) is 24.9 Å². The summed E-state index contributed by atoms with van der Waals surface area (Å²) in [6.45, 7) is 6.36. The predicted octanol–water partition coefficient (Wildman–Crippen LogP) is 2.39. The maximum absolute atomic E-state index is 12.8. The molecule has 1 aromatic rings. The number of rotatable bonds is 6. The van der Waals surface area contributed by atoms with Crippen LogP contribution in [0, 0.1) is 5.92 Å². The van der Waals surface area contributed by atoms with Crippen LogP contribution in [0.5, 0.6) is 0 Å². The minimum atomic E-state index is -0.0269. The summed E-state index contributed by atoms with van der Waals surface area (Å²) in [4.78, 5) is 14.7. The first-order chi connectivity index (χ1) is 12.5. The molecule has 1 amide bonds. The average Bonchev–Trinajstić information content (AvgIpc) is 3.12. The third-order valence-corrected chi connectivity index (χ3v) is 5.58. The van der Waals surface area contributed by atoms with Gasteiger partial charge in [-0.15, -0.1) is 5.10 Å². The maximum atomic E-state index is 12.8. The lowest BCUT2D eigenvalue weighted by atomic mass is 9.92. The zero-order valence-electron chi connectivity index (χ0n) is 16.1. The van der Waals surface area contributed by atoms with Gasteiger partial charge in [-0.05, 0) is 38.0 Å². The molecule has 3 rings (SSSR count). The molecule has 26 heavy (non-hydrogen) atoms. The number of carbonyl (C=O) groups is 1. The number of morpholine rings is 1. The zero-order chi connectivity index (χ0) is 18.5. The highest BCUT2D eigenvalue weighted by molar-refractivity contribution is 5.92. The fraction of sp³-hybridized carbons (Fsp3) is 0.842. The Balaban J connectivity index is 1.53. The monoisotopic (exact) mass is 363 g/mol. The van der Waals surface area contributed by atoms with E-state index in [1.165, 1.54) is 6.42 Å². The molecule has 1 unspecified atom stereocenters. The summed E-state index contributed by atoms with van der Waals surface area (Å²) in [5.41, 5.74) is 6.42. The van der Waals surface area contributed by atoms with Crippen molar-refractivity contribution in [3.63, 3.8) is 0 Å². The van der Waals surface area contributed by atoms with Crippen molar-refractivity contribution < 1.29 is 9.53 Å². The predicted molar refractivity (Wildman–Crippen MR) is 99.8 cm³/mol. The summed E-state index contributed by atoms with van der Waals surface area (Å²) in [5, 5.41) is 8.36. The van der Waals surface area contributed by atoms with Crippen molar-refractivity contribution in [2.45, 2.75) is 77.0 Å². The number of hydrogen-bond acceptors (Lipinski definition) is 5. The van der Waals surface area contributed by atoms with Crippen LogP contribution < -0.4 is 5.73 Å². The molecule has 1 saturated carbocycles. The molecule has 1 aromatic heterocycles. The van der Waals surface area contributed by atoms with Gasteiger partial charge in [-0.3, -0.25) is 4.79 Å². The van der Waals surface area contributed by atoms with E-state index in [4.69, 9.17) is 10.5 Å². The molecule has 2 aliphatic rings. The minimum Gasteiger partial charge on any atom is -0.375 e. The second-order valence-electron chi connectivity index (χ2n) is 8.22. The Morgan fingerprint density at radius 3 is 2.85 bits per heavy atom. The van der Waals surface area contributed by atoms with Crippen LogP contribution in [0.1, 0.15) is 75.3 Å². The summed E-state index contributed by atoms with van der Waals surface area (Å²) < 4.78 is 7.70. The summed E-state index contributed by atoms with van der Waals surface area (Å²) >= 11 is 0. The lowest BCUT2D eigenvalue weighted by molar-refractivity contribution is -0.0262. The van der Waals surface area contributed by atoms with Crippen LogP contribution in [0.4, 0.5) is 0 Å². The molecule has 1 saturated heterocycles. The van der Waals surface area contributed by atoms with Gasteiger partial charge in [-0.2, -0.15) is 0 Å². The summed E-state index contributed by atoms with van der Waals surface area (Å²) in [6, 6.07) is 0.620. The molecular weight excluding hydrogens is 330 g/mol. The number of nitrogens with zero attached hydrogens (tertiary/aromatic N) is 4. The van der Waals surface area contributed by atoms with E-state index in [-0.39, 0.29) is 12.0 Å². The van der Waals surface area contributed by atoms with Crippen LogP contribution in [0.3, 0.4) is 0 Å². The quantitative estimate of drug-likeness (QED) is 0.838. The third kappa shape index (κ3) is 5.04. The topological polar surface area (TPSA) is 86.3 Å². The van der Waals surface area contributed by atoms with E-state index in [0.717, 1.165) is 38.5 Å². The molecule has 0 bridgehead atoms. The highest BCUT2D eigenvalue weighted by Gasteiger charge is 2.28. The van der Waals surface area contributed by atoms with Gasteiger partial charge in [0.1, 0.15) is 0 Å². The van der Waals surface area contributed by atoms with Gasteiger partial charge >= 0.3 is 0 Å². The molecule has 0 aromatic carbocycles. The second kappa shape index (κ2) is 8.95. The van der Waals surface area contributed by atoms with Gasteiger partial charge in [0, 0.05) is 19.1 Å². The highest BCUT2D eigenvalue weighted by atomic mass is 16.5. The van der Waals surface area contributed by atoms with E-state index in [1.54, 1.807) is 0 Å². The van der Waals surface area contributed by atoms with E-state index in [0.29, 0.717) is 43.4 Å². The van der Waals surface area contributed by atoms with E-state index in [2.05, 4.69) is 24.2 Å². The smallest absolute Gasteiger partial charge is 0.276 e. The first kappa shape index (κ1) is 19.3. The van der Waals surface area contributed by atoms with Crippen LogP contribution in [0.25, 0.3) is 0 Å². The summed E-state index contributed by atoms with van der Waals surface area (Å²) in [6.07, 6.45) is 9.34. The maximum Gasteiger partial charge on any atom is 0.276 e. The second-order valence-corrected chi connectivity index (χ2v) is 8.22. The molecule has 2 heterocycles. The number of nitrogens with two attached hydrogens (primary N) is 1. The van der Waals surface area contributed by atoms with Crippen LogP contribution >= 0.6 is 0 Å². The highest BCUT2D eigenvalue weighted by Crippen LogP contribution is 2.27. The molecule has 146 valence electrons. The van der Waals surface area contributed by atoms with Crippen molar-refractivity contribution >= 4 is 5.91 Å². The van der Waals surface area contributed by atoms with Crippen molar-refractivity contribution in [3.8, 4) is 0 Å². The van der Waals surface area contributed by atoms with Gasteiger partial charge < -0.3 is 15.4 Å². The molecule has 0 radical (unpaired) electrons. The first-order valence-corrected chi connectivity index (χ1v) is 10.1. The largest absolute Gasteiger partial charge is 0.375 e. The van der Waals surface area contributed by atoms with Gasteiger partial charge in [0.2, 0.25) is 0 Å². The Bertz CT molecular complexity index is 580. The minimum absolute atomic E-state index is 0.0269. The molecule has 1 aliphatic heterocycles. The van der Waals surface area contributed by atoms with Crippen LogP contribution in [-0.2, 0) is 4.74 Å². The Hall–Kier alpha value is -1.47. The van der Waals surface area contributed by atoms with Crippen LogP contribution in [0.2, 0.25) is 0 Å². The summed E-state index contributed by atoms with van der Waals surface area (Å²) in [5.74, 6) is 0.682. The van der Waals surface area contributed by atoms with Crippen molar-refractivity contribution in [2.24, 2.45) is 11.7 Å². The lowest BCUT2D eigenvalue weighted by Crippen LogP contribution is -2.45. The molecule has 2 N–H and O–H groups in total. The molecule has 7 nitrogen and oxygen atoms in total. The molecule has 1 atom stereocenters. The fourth-order valence-electron chi connectivity index (χ4n) is 3.91. The summed E-state index contributed by atoms with van der Waals surface area (Å²) in [7, 11) is 0. The molecule has 7 heteroatoms. The number of carbonyl (C=O) groups excluding carboxylic acids is 1. The van der Waals surface area contributed by atoms with E-state index >= 15 is 0 Å². The molecular formula is C19H33N5O2. The zero-order valence-corrected chi connectivity index (χ0v) is 16.1. The number of ether oxygens (including phenoxy) is 1. The van der Waals surface area contributed by atoms with Gasteiger partial charge in [-0.25, -0.2) is 4.68 Å². The molecule has 1 aliphatic carbocycles. The van der Waals surface area contributed by atoms with Crippen molar-refractivity contribution in [2.75, 3.05) is 19.7 Å². The van der Waals surface area contributed by atoms with E-state index in [1.807, 2.05) is 15.8 Å². The van der Waals surface area contributed by atoms with E-state index < -0.39 is 0 Å². The lowest BCUT2D eigenvalue weighted by Gasteiger charge is -2.32. The Morgan fingerprint density at radius 1 is 1.35 bits per heavy atom. The van der Waals surface area contributed by atoms with Crippen molar-refractivity contribution in [1.29, 1.82) is 0 Å². The van der Waals surface area contributed by atoms with Crippen LogP contribution in [0.15, 0.2) is 6.20 Å². The molecule has 0 spiro atoms. The van der Waals surface area contributed by atoms with Gasteiger partial charge in [0.25, 0.3) is 5.91 Å². The van der Waals surface area contributed by atoms with Crippen molar-refractivity contribution in [3.05, 3.63) is 11.9 Å². The number of hydrogen-bond donors (Lipinski definition) is 1. The van der Waals surface area contributed by atoms with Crippen molar-refractivity contribution in [1.82, 2.24) is 19.9 Å². The molecule has 2 fully saturated rings. The Kier molecular flexibility index (Phi) is 6.64. The van der Waals surface area contributed by atoms with E-state index in [9.17, 15) is 4.79 Å². The Morgan fingerprint density at radius 2 is 2.12 bits per heavy atom. The number of aromatic nitrogens is 3. The fourth-order valence-corrected chi connectivity index (χ4v) is 3.91. The van der Waals surface area contributed by atoms with Crippen LogP contribution in [-0.4, -0.2) is 57.6 Å². The number of amides is 1.